The molecule has 1 fully saturated rings. The summed E-state index contributed by atoms with van der Waals surface area (Å²) in [6, 6.07) is 18.3. The Morgan fingerprint density at radius 3 is 2.38 bits per heavy atom. The van der Waals surface area contributed by atoms with Crippen LogP contribution in [0.25, 0.3) is 0 Å². The summed E-state index contributed by atoms with van der Waals surface area (Å²) in [5.41, 5.74) is 0.497. The molecule has 13 heteroatoms. The van der Waals surface area contributed by atoms with Gasteiger partial charge in [-0.1, -0.05) is 42.5 Å². The topological polar surface area (TPSA) is 124 Å². The van der Waals surface area contributed by atoms with Crippen molar-refractivity contribution in [1.82, 2.24) is 19.6 Å². The van der Waals surface area contributed by atoms with Crippen LogP contribution < -0.4 is 15.0 Å². The van der Waals surface area contributed by atoms with Crippen LogP contribution in [0.4, 0.5) is 20.2 Å². The number of aromatic nitrogens is 2. The Morgan fingerprint density at radius 1 is 1.04 bits per heavy atom. The lowest BCUT2D eigenvalue weighted by molar-refractivity contribution is -0.130. The second-order valence-electron chi connectivity index (χ2n) is 11.7. The first kappa shape index (κ1) is 31.4. The fourth-order valence-corrected chi connectivity index (χ4v) is 6.11. The van der Waals surface area contributed by atoms with E-state index in [1.807, 2.05) is 6.07 Å². The molecule has 2 atom stereocenters. The Kier molecular flexibility index (Phi) is 8.21. The van der Waals surface area contributed by atoms with Gasteiger partial charge in [-0.3, -0.25) is 24.0 Å². The van der Waals surface area contributed by atoms with E-state index in [4.69, 9.17) is 4.74 Å². The largest absolute Gasteiger partial charge is 0.495 e. The predicted molar refractivity (Wildman–Crippen MR) is 169 cm³/mol. The molecule has 3 amide bonds. The maximum Gasteiger partial charge on any atom is 0.298 e. The van der Waals surface area contributed by atoms with Crippen LogP contribution in [0, 0.1) is 11.3 Å². The number of methoxy groups -OCH3 is 1. The van der Waals surface area contributed by atoms with Gasteiger partial charge in [0.1, 0.15) is 11.8 Å². The summed E-state index contributed by atoms with van der Waals surface area (Å²) in [6.07, 6.45) is 1.37. The monoisotopic (exact) mass is 639 g/mol. The zero-order valence-electron chi connectivity index (χ0n) is 25.9. The van der Waals surface area contributed by atoms with Crippen molar-refractivity contribution in [2.24, 2.45) is 0 Å². The van der Waals surface area contributed by atoms with Gasteiger partial charge in [0.2, 0.25) is 5.91 Å². The van der Waals surface area contributed by atoms with Gasteiger partial charge in [-0.2, -0.15) is 19.1 Å². The summed E-state index contributed by atoms with van der Waals surface area (Å²) in [4.78, 5) is 45.6. The number of likely N-dealkylation sites (N-methyl/N-ethyl adjacent to an activating group) is 1. The summed E-state index contributed by atoms with van der Waals surface area (Å²) in [5, 5.41) is 16.7. The maximum atomic E-state index is 15.4. The highest BCUT2D eigenvalue weighted by atomic mass is 19.3. The molecule has 0 saturated carbocycles. The zero-order chi connectivity index (χ0) is 33.5. The molecule has 0 aliphatic carbocycles. The number of carbonyl (C=O) groups excluding carboxylic acids is 3. The molecule has 1 aromatic heterocycles. The number of halogens is 2. The van der Waals surface area contributed by atoms with E-state index in [-0.39, 0.29) is 59.2 Å². The lowest BCUT2D eigenvalue weighted by Gasteiger charge is -2.37. The van der Waals surface area contributed by atoms with E-state index in [1.165, 1.54) is 77.5 Å². The molecule has 0 radical (unpaired) electrons. The zero-order valence-corrected chi connectivity index (χ0v) is 25.9. The van der Waals surface area contributed by atoms with Gasteiger partial charge in [-0.15, -0.1) is 0 Å². The number of hydrogen-bond donors (Lipinski definition) is 1. The molecule has 0 unspecified atom stereocenters. The summed E-state index contributed by atoms with van der Waals surface area (Å²) in [7, 11) is 4.99. The van der Waals surface area contributed by atoms with Crippen LogP contribution in [0.15, 0.2) is 79.0 Å². The summed E-state index contributed by atoms with van der Waals surface area (Å²) in [5.74, 6) is -4.19. The van der Waals surface area contributed by atoms with Gasteiger partial charge in [-0.05, 0) is 44.4 Å². The molecule has 6 rings (SSSR count). The van der Waals surface area contributed by atoms with Gasteiger partial charge in [0.25, 0.3) is 17.7 Å². The molecule has 1 N–H and O–H groups in total. The fourth-order valence-electron chi connectivity index (χ4n) is 6.11. The minimum atomic E-state index is -3.26. The smallest absolute Gasteiger partial charge is 0.298 e. The van der Waals surface area contributed by atoms with Crippen LogP contribution in [0.1, 0.15) is 43.6 Å². The molecule has 3 aromatic carbocycles. The number of alkyl halides is 2. The number of nitrogens with one attached hydrogen (secondary N) is 1. The van der Waals surface area contributed by atoms with Crippen molar-refractivity contribution in [3.8, 4) is 11.8 Å². The van der Waals surface area contributed by atoms with Crippen molar-refractivity contribution in [2.75, 3.05) is 51.1 Å². The number of anilines is 2. The van der Waals surface area contributed by atoms with Crippen molar-refractivity contribution in [1.29, 1.82) is 5.26 Å². The van der Waals surface area contributed by atoms with Crippen molar-refractivity contribution >= 4 is 29.1 Å². The highest BCUT2D eigenvalue weighted by Crippen LogP contribution is 2.41. The number of hydrogen-bond acceptors (Lipinski definition) is 7. The summed E-state index contributed by atoms with van der Waals surface area (Å²) >= 11 is 0. The predicted octanol–water partition coefficient (Wildman–Crippen LogP) is 4.13. The van der Waals surface area contributed by atoms with E-state index in [0.29, 0.717) is 11.4 Å². The molecule has 240 valence electrons. The normalized spacial score (nSPS) is 17.3. The van der Waals surface area contributed by atoms with Crippen molar-refractivity contribution in [2.45, 2.75) is 18.0 Å². The Bertz CT molecular complexity index is 1890. The minimum Gasteiger partial charge on any atom is -0.495 e. The second-order valence-corrected chi connectivity index (χ2v) is 11.7. The standard InChI is InChI=1S/C34H31F2N7O4/c1-40(2)20-30(44)41-18-27-28(19-41)43-31(26(17-38-43)39-32(45)21-9-14-29(47-3)22(15-21)16-37)33(46)42(27)25-12-10-24(11-13-25)34(35,36)23-7-5-4-6-8-23/h4-15,17,27-28H,18-20H2,1-3H3,(H,39,45)/t27-,28-/m0/s1. The number of nitrogens with zero attached hydrogens (tertiary/aromatic N) is 6. The first-order chi connectivity index (χ1) is 22.5. The summed E-state index contributed by atoms with van der Waals surface area (Å²) < 4.78 is 37.4. The minimum absolute atomic E-state index is 0.0780. The third kappa shape index (κ3) is 5.68. The molecule has 0 spiro atoms. The van der Waals surface area contributed by atoms with Crippen molar-refractivity contribution in [3.05, 3.63) is 107 Å². The molecule has 1 saturated heterocycles. The average Bonchev–Trinajstić information content (AvgIpc) is 3.70. The number of amides is 3. The number of ether oxygens (including phenoxy) is 1. The van der Waals surface area contributed by atoms with Gasteiger partial charge in [0.15, 0.2) is 5.69 Å². The number of nitriles is 1. The Balaban J connectivity index is 1.36. The van der Waals surface area contributed by atoms with E-state index in [9.17, 15) is 19.6 Å². The van der Waals surface area contributed by atoms with E-state index in [2.05, 4.69) is 10.4 Å². The maximum absolute atomic E-state index is 15.4. The van der Waals surface area contributed by atoms with E-state index < -0.39 is 29.8 Å². The molecule has 2 aliphatic rings. The third-order valence-corrected chi connectivity index (χ3v) is 8.40. The molecule has 0 bridgehead atoms. The lowest BCUT2D eigenvalue weighted by Crippen LogP contribution is -2.51. The fraction of sp³-hybridized carbons (Fsp3) is 0.265. The first-order valence-corrected chi connectivity index (χ1v) is 14.8. The van der Waals surface area contributed by atoms with E-state index >= 15 is 8.78 Å². The molecule has 2 aliphatic heterocycles. The molecular formula is C34H31F2N7O4. The van der Waals surface area contributed by atoms with Crippen LogP contribution >= 0.6 is 0 Å². The number of carbonyl (C=O) groups is 3. The van der Waals surface area contributed by atoms with Crippen LogP contribution in [-0.4, -0.2) is 84.2 Å². The Labute approximate surface area is 269 Å². The first-order valence-electron chi connectivity index (χ1n) is 14.8. The number of likely N-dealkylation sites (tertiary alicyclic amines) is 1. The van der Waals surface area contributed by atoms with Gasteiger partial charge in [0, 0.05) is 35.5 Å². The van der Waals surface area contributed by atoms with Gasteiger partial charge < -0.3 is 19.9 Å². The van der Waals surface area contributed by atoms with Crippen molar-refractivity contribution in [3.63, 3.8) is 0 Å². The second kappa shape index (κ2) is 12.3. The van der Waals surface area contributed by atoms with Crippen LogP contribution in [0.3, 0.4) is 0 Å². The highest BCUT2D eigenvalue weighted by molar-refractivity contribution is 6.13. The molecule has 11 nitrogen and oxygen atoms in total. The molecule has 47 heavy (non-hydrogen) atoms. The third-order valence-electron chi connectivity index (χ3n) is 8.40. The van der Waals surface area contributed by atoms with Gasteiger partial charge >= 0.3 is 0 Å². The van der Waals surface area contributed by atoms with Crippen LogP contribution in [-0.2, 0) is 10.7 Å². The SMILES string of the molecule is COc1ccc(C(=O)Nc2cnn3c2C(=O)N(c2ccc(C(F)(F)c4ccccc4)cc2)[C@H]2CN(C(=O)CN(C)C)C[C@@H]23)cc1C#N. The number of rotatable bonds is 8. The van der Waals surface area contributed by atoms with Crippen molar-refractivity contribution < 1.29 is 27.9 Å². The van der Waals surface area contributed by atoms with E-state index in [0.717, 1.165) is 0 Å². The molecule has 4 aromatic rings. The lowest BCUT2D eigenvalue weighted by atomic mass is 9.99. The quantitative estimate of drug-likeness (QED) is 0.308. The summed E-state index contributed by atoms with van der Waals surface area (Å²) in [6.45, 7) is 0.614. The molecule has 3 heterocycles. The highest BCUT2D eigenvalue weighted by Gasteiger charge is 2.49. The number of benzene rings is 3. The van der Waals surface area contributed by atoms with Crippen LogP contribution in [0.2, 0.25) is 0 Å². The van der Waals surface area contributed by atoms with Crippen LogP contribution in [0.5, 0.6) is 5.75 Å². The van der Waals surface area contributed by atoms with E-state index in [1.54, 1.807) is 42.1 Å². The average molecular weight is 640 g/mol. The Morgan fingerprint density at radius 2 is 1.72 bits per heavy atom. The van der Waals surface area contributed by atoms with Gasteiger partial charge in [0.05, 0.1) is 43.2 Å². The molecular weight excluding hydrogens is 608 g/mol. The Hall–Kier alpha value is -5.61. The number of fused-ring (bicyclic) bond motifs is 3. The van der Waals surface area contributed by atoms with Gasteiger partial charge in [-0.25, -0.2) is 0 Å².